The van der Waals surface area contributed by atoms with E-state index in [2.05, 4.69) is 0 Å². The molecule has 0 aliphatic carbocycles. The van der Waals surface area contributed by atoms with Crippen molar-refractivity contribution in [2.75, 3.05) is 19.8 Å². The van der Waals surface area contributed by atoms with E-state index in [-0.39, 0.29) is 31.6 Å². The molecule has 7 heteroatoms. The van der Waals surface area contributed by atoms with Crippen molar-refractivity contribution in [1.82, 2.24) is 4.90 Å². The van der Waals surface area contributed by atoms with Crippen molar-refractivity contribution in [3.63, 3.8) is 0 Å². The van der Waals surface area contributed by atoms with Crippen molar-refractivity contribution in [2.24, 2.45) is 4.99 Å². The van der Waals surface area contributed by atoms with E-state index in [1.54, 1.807) is 36.4 Å². The molecule has 5 rings (SSSR count). The number of amides is 2. The molecule has 3 aromatic rings. The molecule has 1 atom stereocenters. The standard InChI is InChI=1S/C28H26N2O5/c31-15-6-16-34-24-13-11-20(12-14-24)25-29-28(19-35-25)17-22-9-4-5-10-23(22)18-30(27(28)33)26(32)21-7-2-1-3-8-21/h1-5,7-14,31H,6,15-19H2/t28-/m0/s1. The van der Waals surface area contributed by atoms with E-state index in [0.29, 0.717) is 36.7 Å². The molecule has 178 valence electrons. The van der Waals surface area contributed by atoms with Crippen LogP contribution in [0.25, 0.3) is 0 Å². The van der Waals surface area contributed by atoms with Crippen LogP contribution in [0.4, 0.5) is 0 Å². The Bertz CT molecular complexity index is 1260. The summed E-state index contributed by atoms with van der Waals surface area (Å²) in [6.07, 6.45) is 0.911. The predicted octanol–water partition coefficient (Wildman–Crippen LogP) is 3.39. The highest BCUT2D eigenvalue weighted by molar-refractivity contribution is 6.09. The van der Waals surface area contributed by atoms with Crippen LogP contribution in [0.3, 0.4) is 0 Å². The molecule has 35 heavy (non-hydrogen) atoms. The maximum Gasteiger partial charge on any atom is 0.261 e. The van der Waals surface area contributed by atoms with E-state index in [9.17, 15) is 9.59 Å². The number of aliphatic imine (C=N–C) groups is 1. The largest absolute Gasteiger partial charge is 0.494 e. The minimum absolute atomic E-state index is 0.0584. The molecule has 0 bridgehead atoms. The van der Waals surface area contributed by atoms with Crippen LogP contribution in [0.15, 0.2) is 83.9 Å². The molecule has 2 heterocycles. The lowest BCUT2D eigenvalue weighted by molar-refractivity contribution is -0.134. The van der Waals surface area contributed by atoms with E-state index in [1.807, 2.05) is 42.5 Å². The number of hydrogen-bond acceptors (Lipinski definition) is 6. The van der Waals surface area contributed by atoms with Crippen LogP contribution in [0.5, 0.6) is 5.75 Å². The number of hydrogen-bond donors (Lipinski definition) is 1. The smallest absolute Gasteiger partial charge is 0.261 e. The minimum atomic E-state index is -1.22. The van der Waals surface area contributed by atoms with Gasteiger partial charge < -0.3 is 14.6 Å². The first-order valence-electron chi connectivity index (χ1n) is 11.6. The highest BCUT2D eigenvalue weighted by atomic mass is 16.5. The van der Waals surface area contributed by atoms with Gasteiger partial charge in [0.2, 0.25) is 5.90 Å². The molecule has 2 amide bonds. The number of benzene rings is 3. The second-order valence-corrected chi connectivity index (χ2v) is 8.70. The number of nitrogens with zero attached hydrogens (tertiary/aromatic N) is 2. The van der Waals surface area contributed by atoms with Gasteiger partial charge in [-0.1, -0.05) is 42.5 Å². The fraction of sp³-hybridized carbons (Fsp3) is 0.250. The van der Waals surface area contributed by atoms with Crippen LogP contribution in [-0.2, 0) is 22.5 Å². The SMILES string of the molecule is O=C(c1ccccc1)N1Cc2ccccc2C[C@]2(COC(c3ccc(OCCCO)cc3)=N2)C1=O. The monoisotopic (exact) mass is 470 g/mol. The molecule has 3 aromatic carbocycles. The second kappa shape index (κ2) is 9.72. The Morgan fingerprint density at radius 1 is 1.00 bits per heavy atom. The normalized spacial score (nSPS) is 19.1. The van der Waals surface area contributed by atoms with Crippen LogP contribution in [0, 0.1) is 0 Å². The van der Waals surface area contributed by atoms with Gasteiger partial charge in [0.1, 0.15) is 12.4 Å². The second-order valence-electron chi connectivity index (χ2n) is 8.70. The molecular formula is C28H26N2O5. The number of rotatable bonds is 6. The van der Waals surface area contributed by atoms with Crippen LogP contribution < -0.4 is 4.74 Å². The van der Waals surface area contributed by atoms with Gasteiger partial charge in [-0.15, -0.1) is 0 Å². The lowest BCUT2D eigenvalue weighted by Gasteiger charge is -2.27. The summed E-state index contributed by atoms with van der Waals surface area (Å²) < 4.78 is 11.6. The zero-order valence-electron chi connectivity index (χ0n) is 19.2. The summed E-state index contributed by atoms with van der Waals surface area (Å²) in [4.78, 5) is 33.4. The lowest BCUT2D eigenvalue weighted by atomic mass is 9.91. The van der Waals surface area contributed by atoms with Crippen molar-refractivity contribution in [3.8, 4) is 5.75 Å². The van der Waals surface area contributed by atoms with Gasteiger partial charge in [-0.25, -0.2) is 4.99 Å². The Morgan fingerprint density at radius 3 is 2.46 bits per heavy atom. The Labute approximate surface area is 203 Å². The van der Waals surface area contributed by atoms with E-state index >= 15 is 0 Å². The topological polar surface area (TPSA) is 88.4 Å². The fourth-order valence-corrected chi connectivity index (χ4v) is 4.41. The Hall–Kier alpha value is -3.97. The summed E-state index contributed by atoms with van der Waals surface area (Å²) >= 11 is 0. The first kappa shape index (κ1) is 22.8. The molecule has 0 unspecified atom stereocenters. The number of fused-ring (bicyclic) bond motifs is 1. The summed E-state index contributed by atoms with van der Waals surface area (Å²) in [6, 6.07) is 23.9. The predicted molar refractivity (Wildman–Crippen MR) is 130 cm³/mol. The highest BCUT2D eigenvalue weighted by Crippen LogP contribution is 2.34. The number of carbonyl (C=O) groups excluding carboxylic acids is 2. The first-order chi connectivity index (χ1) is 17.1. The van der Waals surface area contributed by atoms with Gasteiger partial charge in [0.25, 0.3) is 11.8 Å². The molecule has 1 spiro atoms. The fourth-order valence-electron chi connectivity index (χ4n) is 4.41. The number of aliphatic hydroxyl groups excluding tert-OH is 1. The third-order valence-electron chi connectivity index (χ3n) is 6.27. The number of aliphatic hydroxyl groups is 1. The van der Waals surface area contributed by atoms with Crippen LogP contribution in [-0.4, -0.2) is 53.1 Å². The van der Waals surface area contributed by atoms with Crippen LogP contribution >= 0.6 is 0 Å². The van der Waals surface area contributed by atoms with Gasteiger partial charge >= 0.3 is 0 Å². The van der Waals surface area contributed by atoms with Gasteiger partial charge in [0, 0.05) is 30.6 Å². The van der Waals surface area contributed by atoms with Crippen molar-refractivity contribution in [3.05, 3.63) is 101 Å². The molecule has 2 aliphatic heterocycles. The Balaban J connectivity index is 1.48. The van der Waals surface area contributed by atoms with Crippen molar-refractivity contribution >= 4 is 17.7 Å². The van der Waals surface area contributed by atoms with E-state index in [0.717, 1.165) is 16.7 Å². The molecule has 7 nitrogen and oxygen atoms in total. The summed E-state index contributed by atoms with van der Waals surface area (Å²) in [5.41, 5.74) is 1.86. The van der Waals surface area contributed by atoms with Crippen molar-refractivity contribution in [2.45, 2.75) is 24.9 Å². The van der Waals surface area contributed by atoms with Crippen molar-refractivity contribution < 1.29 is 24.2 Å². The number of carbonyl (C=O) groups is 2. The number of ether oxygens (including phenoxy) is 2. The van der Waals surface area contributed by atoms with E-state index < -0.39 is 5.54 Å². The maximum atomic E-state index is 13.9. The van der Waals surface area contributed by atoms with Crippen LogP contribution in [0.1, 0.15) is 33.5 Å². The zero-order valence-corrected chi connectivity index (χ0v) is 19.2. The van der Waals surface area contributed by atoms with E-state index in [1.165, 1.54) is 4.90 Å². The molecule has 0 aromatic heterocycles. The average molecular weight is 471 g/mol. The zero-order chi connectivity index (χ0) is 24.3. The molecule has 1 N–H and O–H groups in total. The molecule has 2 aliphatic rings. The highest BCUT2D eigenvalue weighted by Gasteiger charge is 2.50. The Kier molecular flexibility index (Phi) is 6.33. The van der Waals surface area contributed by atoms with Crippen LogP contribution in [0.2, 0.25) is 0 Å². The summed E-state index contributed by atoms with van der Waals surface area (Å²) in [7, 11) is 0. The molecular weight excluding hydrogens is 444 g/mol. The maximum absolute atomic E-state index is 13.9. The van der Waals surface area contributed by atoms with Gasteiger partial charge in [0.15, 0.2) is 5.54 Å². The average Bonchev–Trinajstić information content (AvgIpc) is 3.28. The third-order valence-corrected chi connectivity index (χ3v) is 6.27. The number of imide groups is 1. The molecule has 0 radical (unpaired) electrons. The summed E-state index contributed by atoms with van der Waals surface area (Å²) in [5.74, 6) is 0.336. The quantitative estimate of drug-likeness (QED) is 0.441. The first-order valence-corrected chi connectivity index (χ1v) is 11.6. The summed E-state index contributed by atoms with van der Waals surface area (Å²) in [5, 5.41) is 8.91. The summed E-state index contributed by atoms with van der Waals surface area (Å²) in [6.45, 7) is 0.749. The molecule has 0 saturated carbocycles. The van der Waals surface area contributed by atoms with Gasteiger partial charge in [0.05, 0.1) is 13.2 Å². The molecule has 0 fully saturated rings. The van der Waals surface area contributed by atoms with E-state index in [4.69, 9.17) is 19.6 Å². The lowest BCUT2D eigenvalue weighted by Crippen LogP contribution is -2.50. The van der Waals surface area contributed by atoms with Gasteiger partial charge in [-0.2, -0.15) is 0 Å². The minimum Gasteiger partial charge on any atom is -0.494 e. The third kappa shape index (κ3) is 4.55. The van der Waals surface area contributed by atoms with Crippen molar-refractivity contribution in [1.29, 1.82) is 0 Å². The van der Waals surface area contributed by atoms with Gasteiger partial charge in [-0.3, -0.25) is 14.5 Å². The van der Waals surface area contributed by atoms with Gasteiger partial charge in [-0.05, 0) is 47.5 Å². The Morgan fingerprint density at radius 2 is 1.71 bits per heavy atom. The molecule has 0 saturated heterocycles.